The first-order valence-corrected chi connectivity index (χ1v) is 4.53. The Morgan fingerprint density at radius 2 is 2.31 bits per heavy atom. The van der Waals surface area contributed by atoms with Crippen molar-refractivity contribution >= 4 is 22.2 Å². The second-order valence-electron chi connectivity index (χ2n) is 2.39. The van der Waals surface area contributed by atoms with Crippen LogP contribution in [0.5, 0.6) is 5.75 Å². The Morgan fingerprint density at radius 1 is 1.54 bits per heavy atom. The first-order chi connectivity index (χ1) is 6.27. The summed E-state index contributed by atoms with van der Waals surface area (Å²) in [6, 6.07) is 5.25. The van der Waals surface area contributed by atoms with Crippen LogP contribution in [0.25, 0.3) is 0 Å². The van der Waals surface area contributed by atoms with Crippen LogP contribution in [0.3, 0.4) is 0 Å². The standard InChI is InChI=1S/C9H9BrO3/c10-8-1-2-9(13-4-3-11)7(5-8)6-12/h1-3,5,12H,4,6H2. The summed E-state index contributed by atoms with van der Waals surface area (Å²) in [6.07, 6.45) is 0.670. The quantitative estimate of drug-likeness (QED) is 0.818. The fourth-order valence-corrected chi connectivity index (χ4v) is 1.34. The molecule has 1 rings (SSSR count). The zero-order valence-corrected chi connectivity index (χ0v) is 8.45. The maximum atomic E-state index is 10.0. The Balaban J connectivity index is 2.85. The minimum Gasteiger partial charge on any atom is -0.486 e. The Labute approximate surface area is 84.5 Å². The molecule has 0 fully saturated rings. The summed E-state index contributed by atoms with van der Waals surface area (Å²) in [5, 5.41) is 8.95. The summed E-state index contributed by atoms with van der Waals surface area (Å²) in [7, 11) is 0. The van der Waals surface area contributed by atoms with E-state index in [2.05, 4.69) is 15.9 Å². The van der Waals surface area contributed by atoms with Crippen LogP contribution in [0.15, 0.2) is 22.7 Å². The second kappa shape index (κ2) is 4.99. The molecule has 0 unspecified atom stereocenters. The summed E-state index contributed by atoms with van der Waals surface area (Å²) in [4.78, 5) is 10.0. The molecule has 0 saturated heterocycles. The number of ether oxygens (including phenoxy) is 1. The molecule has 70 valence electrons. The summed E-state index contributed by atoms with van der Waals surface area (Å²) in [5.74, 6) is 0.540. The van der Waals surface area contributed by atoms with E-state index in [4.69, 9.17) is 9.84 Å². The van der Waals surface area contributed by atoms with Gasteiger partial charge in [0, 0.05) is 10.0 Å². The van der Waals surface area contributed by atoms with Gasteiger partial charge in [-0.25, -0.2) is 0 Å². The lowest BCUT2D eigenvalue weighted by molar-refractivity contribution is -0.109. The summed E-state index contributed by atoms with van der Waals surface area (Å²) < 4.78 is 5.95. The van der Waals surface area contributed by atoms with Gasteiger partial charge in [0.05, 0.1) is 6.61 Å². The van der Waals surface area contributed by atoms with Crippen molar-refractivity contribution in [3.8, 4) is 5.75 Å². The molecule has 3 nitrogen and oxygen atoms in total. The number of hydrogen-bond donors (Lipinski definition) is 1. The summed E-state index contributed by atoms with van der Waals surface area (Å²) in [6.45, 7) is -0.0950. The third-order valence-electron chi connectivity index (χ3n) is 1.50. The zero-order chi connectivity index (χ0) is 9.68. The normalized spacial score (nSPS) is 9.69. The van der Waals surface area contributed by atoms with E-state index in [1.165, 1.54) is 0 Å². The molecule has 4 heteroatoms. The van der Waals surface area contributed by atoms with E-state index in [1.807, 2.05) is 0 Å². The molecule has 0 heterocycles. The predicted molar refractivity (Wildman–Crippen MR) is 51.6 cm³/mol. The number of aliphatic hydroxyl groups is 1. The molecule has 0 saturated carbocycles. The maximum absolute atomic E-state index is 10.0. The molecule has 0 amide bonds. The van der Waals surface area contributed by atoms with E-state index in [-0.39, 0.29) is 13.2 Å². The maximum Gasteiger partial charge on any atom is 0.157 e. The molecule has 0 atom stereocenters. The molecule has 0 aliphatic carbocycles. The van der Waals surface area contributed by atoms with E-state index in [0.29, 0.717) is 17.6 Å². The van der Waals surface area contributed by atoms with Gasteiger partial charge in [0.15, 0.2) is 6.29 Å². The highest BCUT2D eigenvalue weighted by atomic mass is 79.9. The van der Waals surface area contributed by atoms with Crippen molar-refractivity contribution in [1.29, 1.82) is 0 Å². The fraction of sp³-hybridized carbons (Fsp3) is 0.222. The van der Waals surface area contributed by atoms with Gasteiger partial charge < -0.3 is 9.84 Å². The van der Waals surface area contributed by atoms with Gasteiger partial charge in [0.25, 0.3) is 0 Å². The van der Waals surface area contributed by atoms with Crippen LogP contribution >= 0.6 is 15.9 Å². The molecule has 1 aromatic rings. The van der Waals surface area contributed by atoms with Gasteiger partial charge in [-0.1, -0.05) is 15.9 Å². The van der Waals surface area contributed by atoms with Crippen LogP contribution in [0.2, 0.25) is 0 Å². The van der Waals surface area contributed by atoms with Gasteiger partial charge in [-0.05, 0) is 18.2 Å². The molecule has 1 N–H and O–H groups in total. The number of hydrogen-bond acceptors (Lipinski definition) is 3. The lowest BCUT2D eigenvalue weighted by Gasteiger charge is -2.07. The Morgan fingerprint density at radius 3 is 2.92 bits per heavy atom. The lowest BCUT2D eigenvalue weighted by Crippen LogP contribution is -2.00. The second-order valence-corrected chi connectivity index (χ2v) is 3.30. The fourth-order valence-electron chi connectivity index (χ4n) is 0.936. The number of aldehydes is 1. The molecule has 0 spiro atoms. The van der Waals surface area contributed by atoms with Gasteiger partial charge in [0.2, 0.25) is 0 Å². The first-order valence-electron chi connectivity index (χ1n) is 3.73. The van der Waals surface area contributed by atoms with E-state index >= 15 is 0 Å². The van der Waals surface area contributed by atoms with E-state index in [1.54, 1.807) is 18.2 Å². The summed E-state index contributed by atoms with van der Waals surface area (Å²) >= 11 is 3.27. The van der Waals surface area contributed by atoms with Gasteiger partial charge in [-0.2, -0.15) is 0 Å². The summed E-state index contributed by atoms with van der Waals surface area (Å²) in [5.41, 5.74) is 0.663. The van der Waals surface area contributed by atoms with E-state index < -0.39 is 0 Å². The smallest absolute Gasteiger partial charge is 0.157 e. The van der Waals surface area contributed by atoms with E-state index in [0.717, 1.165) is 4.47 Å². The number of benzene rings is 1. The molecule has 0 aromatic heterocycles. The Hall–Kier alpha value is -0.870. The van der Waals surface area contributed by atoms with Gasteiger partial charge in [-0.15, -0.1) is 0 Å². The number of aliphatic hydroxyl groups excluding tert-OH is 1. The topological polar surface area (TPSA) is 46.5 Å². The molecule has 0 bridgehead atoms. The molecular formula is C9H9BrO3. The first kappa shape index (κ1) is 10.2. The predicted octanol–water partition coefficient (Wildman–Crippen LogP) is 1.52. The Bertz CT molecular complexity index is 299. The SMILES string of the molecule is O=CCOc1ccc(Br)cc1CO. The number of carbonyl (C=O) groups is 1. The third kappa shape index (κ3) is 2.82. The van der Waals surface area contributed by atoms with Crippen molar-refractivity contribution in [1.82, 2.24) is 0 Å². The van der Waals surface area contributed by atoms with Crippen LogP contribution in [0, 0.1) is 0 Å². The van der Waals surface area contributed by atoms with Gasteiger partial charge in [0.1, 0.15) is 12.4 Å². The molecule has 13 heavy (non-hydrogen) atoms. The highest BCUT2D eigenvalue weighted by Gasteiger charge is 2.02. The zero-order valence-electron chi connectivity index (χ0n) is 6.87. The van der Waals surface area contributed by atoms with Crippen molar-refractivity contribution in [2.75, 3.05) is 6.61 Å². The van der Waals surface area contributed by atoms with Crippen LogP contribution in [-0.4, -0.2) is 18.0 Å². The van der Waals surface area contributed by atoms with E-state index in [9.17, 15) is 4.79 Å². The van der Waals surface area contributed by atoms with Crippen LogP contribution in [0.1, 0.15) is 5.56 Å². The number of rotatable bonds is 4. The van der Waals surface area contributed by atoms with Crippen molar-refractivity contribution in [3.05, 3.63) is 28.2 Å². The minimum absolute atomic E-state index is 0.00856. The van der Waals surface area contributed by atoms with Crippen LogP contribution in [0.4, 0.5) is 0 Å². The molecule has 0 radical (unpaired) electrons. The van der Waals surface area contributed by atoms with Crippen molar-refractivity contribution in [2.24, 2.45) is 0 Å². The van der Waals surface area contributed by atoms with Crippen LogP contribution in [-0.2, 0) is 11.4 Å². The van der Waals surface area contributed by atoms with Gasteiger partial charge >= 0.3 is 0 Å². The lowest BCUT2D eigenvalue weighted by atomic mass is 10.2. The number of halogens is 1. The van der Waals surface area contributed by atoms with Crippen LogP contribution < -0.4 is 4.74 Å². The highest BCUT2D eigenvalue weighted by molar-refractivity contribution is 9.10. The third-order valence-corrected chi connectivity index (χ3v) is 1.99. The molecular weight excluding hydrogens is 236 g/mol. The van der Waals surface area contributed by atoms with Crippen molar-refractivity contribution in [3.63, 3.8) is 0 Å². The monoisotopic (exact) mass is 244 g/mol. The van der Waals surface area contributed by atoms with Crippen molar-refractivity contribution in [2.45, 2.75) is 6.61 Å². The minimum atomic E-state index is -0.104. The largest absolute Gasteiger partial charge is 0.486 e. The number of carbonyl (C=O) groups excluding carboxylic acids is 1. The van der Waals surface area contributed by atoms with Crippen molar-refractivity contribution < 1.29 is 14.6 Å². The van der Waals surface area contributed by atoms with Gasteiger partial charge in [-0.3, -0.25) is 4.79 Å². The average Bonchev–Trinajstić information content (AvgIpc) is 2.16. The molecule has 0 aliphatic rings. The molecule has 0 aliphatic heterocycles. The average molecular weight is 245 g/mol. The highest BCUT2D eigenvalue weighted by Crippen LogP contribution is 2.22. The molecule has 1 aromatic carbocycles. The Kier molecular flexibility index (Phi) is 3.92.